The standard InChI is InChI=1S/C41H42F4N3O8P.C33H35F4N3O2.C11H14ClO5P.C10H15O4P/c1-25-12-17-29(23-34(25)41(43,44)45)46-38(49)33-10-6-22-47(39(50)36-26(2)7-5-11-35(36)42)37(33)28-15-18-31(19-16-28)48(30-8-3-4-9-30)40(51)55-24-27-13-20-32(21-14-27)56-57(52,53)54;1-20-12-15-25(19-27(20)33(35,36)37)39-31(41)26-10-6-18-40(32(42)29-21(2)7-5-11-28(29)34)30(26)22-13-16-24(17-14-22)38-23-8-3-4-9-23;1-3-16-18(2,14)17-10-6-4-9(5-7-10)8-15-11(12)13;1-3-13-15(2,12)14-10-6-4-9(8-11)5-7-10/h5,7,11-21,23,30,33,37H,3-4,6,8-10,22,24H2,1-2H3,(H,46,49)(H2,52,53,54);5,7,11-17,19,23,26,30,38H,3-4,6,8-10,18H2,1-2H3,(H,39,41);4-7H,3,8H2,1-2H3;4-7,11H,3,8H2,1-2H3/t33-,37-;26-,30-;;/m00../s1. The van der Waals surface area contributed by atoms with Gasteiger partial charge in [-0.1, -0.05) is 123 Å². The molecule has 0 bridgehead atoms. The number of nitrogens with one attached hydrogen (secondary N) is 3. The Hall–Kier alpha value is -11.0. The zero-order chi connectivity index (χ0) is 96.0. The molecule has 0 aromatic heterocycles. The van der Waals surface area contributed by atoms with Crippen LogP contribution in [0.1, 0.15) is 185 Å². The number of likely N-dealkylation sites (tertiary alicyclic amines) is 2. The lowest BCUT2D eigenvalue weighted by molar-refractivity contribution is -0.138. The van der Waals surface area contributed by atoms with E-state index in [0.29, 0.717) is 90.1 Å². The van der Waals surface area contributed by atoms with Gasteiger partial charge in [-0.05, 0) is 240 Å². The molecule has 2 unspecified atom stereocenters. The van der Waals surface area contributed by atoms with Crippen LogP contribution in [-0.2, 0) is 74.0 Å². The number of ether oxygens (including phenoxy) is 2. The number of carbonyl (C=O) groups excluding carboxylic acids is 6. The van der Waals surface area contributed by atoms with Crippen LogP contribution in [0.3, 0.4) is 0 Å². The molecule has 5 amide bonds. The zero-order valence-corrected chi connectivity index (χ0v) is 77.3. The van der Waals surface area contributed by atoms with Crippen LogP contribution in [0.15, 0.2) is 194 Å². The van der Waals surface area contributed by atoms with Crippen molar-refractivity contribution in [3.05, 3.63) is 278 Å². The number of aliphatic hydroxyl groups excluding tert-OH is 1. The quantitative estimate of drug-likeness (QED) is 0.0158. The van der Waals surface area contributed by atoms with Crippen molar-refractivity contribution in [2.75, 3.05) is 60.5 Å². The Morgan fingerprint density at radius 3 is 1.25 bits per heavy atom. The van der Waals surface area contributed by atoms with Crippen molar-refractivity contribution in [3.8, 4) is 17.2 Å². The van der Waals surface area contributed by atoms with E-state index in [1.165, 1.54) is 123 Å². The molecule has 13 rings (SSSR count). The van der Waals surface area contributed by atoms with Crippen LogP contribution in [0.25, 0.3) is 0 Å². The molecular formula is C95H106ClF8N6O19P3. The molecular weight excluding hydrogens is 1810 g/mol. The Kier molecular flexibility index (Phi) is 36.4. The number of halogens is 9. The summed E-state index contributed by atoms with van der Waals surface area (Å²) in [5.41, 5.74) is 2.84. The van der Waals surface area contributed by atoms with Crippen LogP contribution in [0, 0.1) is 51.2 Å². The maximum absolute atomic E-state index is 15.2. The van der Waals surface area contributed by atoms with Gasteiger partial charge in [0.15, 0.2) is 0 Å². The minimum atomic E-state index is -4.74. The number of aliphatic hydroxyl groups is 1. The van der Waals surface area contributed by atoms with E-state index in [1.54, 1.807) is 118 Å². The second-order valence-corrected chi connectivity index (χ2v) is 37.7. The first kappa shape index (κ1) is 103. The van der Waals surface area contributed by atoms with Crippen molar-refractivity contribution in [1.29, 1.82) is 0 Å². The lowest BCUT2D eigenvalue weighted by Gasteiger charge is -2.41. The fourth-order valence-electron chi connectivity index (χ4n) is 16.3. The maximum Gasteiger partial charge on any atom is 0.524 e. The molecule has 9 aromatic carbocycles. The van der Waals surface area contributed by atoms with Gasteiger partial charge in [0.2, 0.25) is 11.8 Å². The number of phosphoric acid groups is 1. The molecule has 2 aliphatic carbocycles. The molecule has 132 heavy (non-hydrogen) atoms. The monoisotopic (exact) mass is 1910 g/mol. The number of amides is 5. The highest BCUT2D eigenvalue weighted by molar-refractivity contribution is 7.53. The van der Waals surface area contributed by atoms with Gasteiger partial charge in [-0.3, -0.25) is 33.9 Å². The van der Waals surface area contributed by atoms with Gasteiger partial charge in [0.25, 0.3) is 11.8 Å². The topological polar surface area (TPSA) is 325 Å². The van der Waals surface area contributed by atoms with Crippen molar-refractivity contribution >= 4 is 92.5 Å². The van der Waals surface area contributed by atoms with E-state index >= 15 is 4.39 Å². The Balaban J connectivity index is 0.000000208. The summed E-state index contributed by atoms with van der Waals surface area (Å²) in [6.45, 7) is 13.4. The number of piperidine rings is 2. The average molecular weight is 1920 g/mol. The number of benzene rings is 9. The molecule has 2 saturated heterocycles. The van der Waals surface area contributed by atoms with E-state index in [-0.39, 0.29) is 78.2 Å². The molecule has 2 aliphatic heterocycles. The van der Waals surface area contributed by atoms with Gasteiger partial charge in [0, 0.05) is 72.9 Å². The lowest BCUT2D eigenvalue weighted by atomic mass is 9.83. The molecule has 6 N–H and O–H groups in total. The third-order valence-electron chi connectivity index (χ3n) is 22.5. The summed E-state index contributed by atoms with van der Waals surface area (Å²) in [6.07, 6.45) is -0.491. The van der Waals surface area contributed by atoms with Gasteiger partial charge in [-0.25, -0.2) is 32.1 Å². The summed E-state index contributed by atoms with van der Waals surface area (Å²) in [5, 5.41) is 17.7. The smallest absolute Gasteiger partial charge is 0.449 e. The van der Waals surface area contributed by atoms with E-state index in [1.807, 2.05) is 24.3 Å². The Morgan fingerprint density at radius 1 is 0.477 bits per heavy atom. The molecule has 6 atom stereocenters. The van der Waals surface area contributed by atoms with Gasteiger partial charge in [0.05, 0.1) is 66.0 Å². The SMILES string of the molecule is CCOP(C)(=O)Oc1ccc(CO)cc1.CCOP(C)(=O)Oc1ccc(COC(=O)Cl)cc1.Cc1ccc(NC(=O)[C@H]2CCCN(C(=O)c3c(C)cccc3F)[C@H]2c2ccc(N(C(=O)OCc3ccc(OP(=O)(O)O)cc3)C3CCCC3)cc2)cc1C(F)(F)F.Cc1ccc(NC(=O)[C@H]2CCCN(C(=O)c3c(C)cccc3F)[C@H]2c2ccc(NC3CCCC3)cc2)cc1C(F)(F)F. The highest BCUT2D eigenvalue weighted by Crippen LogP contribution is 2.48. The van der Waals surface area contributed by atoms with Crippen molar-refractivity contribution in [3.63, 3.8) is 0 Å². The van der Waals surface area contributed by atoms with E-state index in [0.717, 1.165) is 67.5 Å². The predicted octanol–water partition coefficient (Wildman–Crippen LogP) is 23.5. The summed E-state index contributed by atoms with van der Waals surface area (Å²) >= 11 is 5.04. The summed E-state index contributed by atoms with van der Waals surface area (Å²) in [5.74, 6) is -4.48. The van der Waals surface area contributed by atoms with Crippen LogP contribution >= 0.6 is 34.6 Å². The third kappa shape index (κ3) is 29.3. The number of hydrogen-bond donors (Lipinski definition) is 6. The van der Waals surface area contributed by atoms with Crippen molar-refractivity contribution in [2.24, 2.45) is 11.8 Å². The van der Waals surface area contributed by atoms with E-state index < -0.39 is 117 Å². The molecule has 2 heterocycles. The molecule has 9 aromatic rings. The lowest BCUT2D eigenvalue weighted by Crippen LogP contribution is -2.47. The second kappa shape index (κ2) is 46.6. The van der Waals surface area contributed by atoms with E-state index in [9.17, 15) is 73.2 Å². The van der Waals surface area contributed by atoms with Crippen LogP contribution in [0.4, 0.5) is 67.5 Å². The van der Waals surface area contributed by atoms with Crippen molar-refractivity contribution in [2.45, 2.75) is 175 Å². The summed E-state index contributed by atoms with van der Waals surface area (Å²) in [7, 11) is -10.8. The van der Waals surface area contributed by atoms with E-state index in [4.69, 9.17) is 49.3 Å². The van der Waals surface area contributed by atoms with Crippen LogP contribution in [-0.4, -0.2) is 112 Å². The number of phosphoric ester groups is 1. The molecule has 4 fully saturated rings. The Labute approximate surface area is 765 Å². The fraction of sp³-hybridized carbons (Fsp3) is 0.368. The van der Waals surface area contributed by atoms with Gasteiger partial charge in [0.1, 0.15) is 42.1 Å². The minimum Gasteiger partial charge on any atom is -0.449 e. The number of alkyl halides is 6. The number of rotatable bonds is 27. The third-order valence-corrected chi connectivity index (χ3v) is 25.6. The van der Waals surface area contributed by atoms with Crippen LogP contribution < -0.4 is 34.4 Å². The number of carbonyl (C=O) groups is 6. The average Bonchev–Trinajstić information content (AvgIpc) is 0.982. The molecule has 2 saturated carbocycles. The van der Waals surface area contributed by atoms with Crippen molar-refractivity contribution in [1.82, 2.24) is 9.80 Å². The highest BCUT2D eigenvalue weighted by Gasteiger charge is 2.44. The van der Waals surface area contributed by atoms with E-state index in [2.05, 4.69) is 25.2 Å². The predicted molar refractivity (Wildman–Crippen MR) is 484 cm³/mol. The number of aryl methyl sites for hydroxylation is 4. The molecule has 0 radical (unpaired) electrons. The summed E-state index contributed by atoms with van der Waals surface area (Å²) < 4.78 is 182. The number of anilines is 4. The summed E-state index contributed by atoms with van der Waals surface area (Å²) in [6, 6.07) is 47.8. The molecule has 4 aliphatic rings. The number of hydrogen-bond acceptors (Lipinski definition) is 18. The van der Waals surface area contributed by atoms with Gasteiger partial charge in [-0.15, -0.1) is 0 Å². The van der Waals surface area contributed by atoms with Gasteiger partial charge in [-0.2, -0.15) is 26.3 Å². The second-order valence-electron chi connectivity index (χ2n) is 32.2. The van der Waals surface area contributed by atoms with Crippen LogP contribution in [0.5, 0.6) is 17.2 Å². The first-order valence-electron chi connectivity index (χ1n) is 42.8. The largest absolute Gasteiger partial charge is 0.524 e. The first-order chi connectivity index (χ1) is 62.5. The van der Waals surface area contributed by atoms with Gasteiger partial charge >= 0.3 is 46.9 Å². The van der Waals surface area contributed by atoms with Crippen molar-refractivity contribution < 1.29 is 125 Å². The molecule has 708 valence electrons. The van der Waals surface area contributed by atoms with Gasteiger partial charge < -0.3 is 62.9 Å². The normalized spacial score (nSPS) is 17.3. The minimum absolute atomic E-state index is 0.00601. The Bertz CT molecular complexity index is 5580. The molecule has 37 heteroatoms. The fourth-order valence-corrected chi connectivity index (χ4v) is 18.8. The van der Waals surface area contributed by atoms with Crippen LogP contribution in [0.2, 0.25) is 0 Å². The molecule has 0 spiro atoms. The Morgan fingerprint density at radius 2 is 0.864 bits per heavy atom. The molecule has 25 nitrogen and oxygen atoms in total. The number of nitrogens with zero attached hydrogens (tertiary/aromatic N) is 3. The zero-order valence-electron chi connectivity index (χ0n) is 73.8. The first-order valence-corrected chi connectivity index (χ1v) is 48.7. The highest BCUT2D eigenvalue weighted by atomic mass is 35.5. The summed E-state index contributed by atoms with van der Waals surface area (Å²) in [4.78, 5) is 102. The maximum atomic E-state index is 15.2.